The molecule has 8 heteroatoms. The molecule has 0 unspecified atom stereocenters. The van der Waals surface area contributed by atoms with Crippen LogP contribution in [0, 0.1) is 12.3 Å². The van der Waals surface area contributed by atoms with E-state index in [9.17, 15) is 13.2 Å². The maximum absolute atomic E-state index is 12.0. The average Bonchev–Trinajstić information content (AvgIpc) is 2.74. The summed E-state index contributed by atoms with van der Waals surface area (Å²) >= 11 is 0. The summed E-state index contributed by atoms with van der Waals surface area (Å²) < 4.78 is 27.6. The van der Waals surface area contributed by atoms with Gasteiger partial charge in [-0.25, -0.2) is 8.42 Å². The summed E-state index contributed by atoms with van der Waals surface area (Å²) in [6.07, 6.45) is 7.49. The summed E-state index contributed by atoms with van der Waals surface area (Å²) in [5.74, 6) is 1.34. The normalized spacial score (nSPS) is 12.1. The van der Waals surface area contributed by atoms with Crippen LogP contribution in [0.2, 0.25) is 0 Å². The van der Waals surface area contributed by atoms with E-state index in [0.717, 1.165) is 6.20 Å². The summed E-state index contributed by atoms with van der Waals surface area (Å²) in [6.45, 7) is 3.21. The Morgan fingerprint density at radius 3 is 2.79 bits per heavy atom. The van der Waals surface area contributed by atoms with Crippen molar-refractivity contribution in [1.29, 1.82) is 0 Å². The van der Waals surface area contributed by atoms with E-state index < -0.39 is 21.5 Å². The Labute approximate surface area is 111 Å². The number of hydrogen-bond donors (Lipinski definition) is 2. The van der Waals surface area contributed by atoms with Gasteiger partial charge in [0.15, 0.2) is 0 Å². The Bertz CT molecular complexity index is 610. The summed E-state index contributed by atoms with van der Waals surface area (Å²) in [7, 11) is -3.77. The van der Waals surface area contributed by atoms with Gasteiger partial charge in [0.25, 0.3) is 0 Å². The molecule has 0 atom stereocenters. The largest absolute Gasteiger partial charge is 0.481 e. The molecule has 0 aliphatic rings. The van der Waals surface area contributed by atoms with E-state index in [1.807, 2.05) is 0 Å². The molecule has 0 spiro atoms. The van der Waals surface area contributed by atoms with Crippen LogP contribution in [0.4, 0.5) is 0 Å². The van der Waals surface area contributed by atoms with Crippen molar-refractivity contribution < 1.29 is 18.3 Å². The lowest BCUT2D eigenvalue weighted by atomic mass is 10.1. The third-order valence-electron chi connectivity index (χ3n) is 2.22. The molecule has 0 aliphatic heterocycles. The van der Waals surface area contributed by atoms with Gasteiger partial charge in [0.2, 0.25) is 10.0 Å². The highest BCUT2D eigenvalue weighted by molar-refractivity contribution is 7.89. The number of carbonyl (C=O) groups is 1. The molecular weight excluding hydrogens is 270 g/mol. The number of carboxylic acid groups (broad SMARTS) is 1. The molecule has 0 saturated carbocycles. The second-order valence-corrected chi connectivity index (χ2v) is 6.14. The molecular formula is C11H15N3O4S. The Hall–Kier alpha value is -1.85. The van der Waals surface area contributed by atoms with E-state index >= 15 is 0 Å². The quantitative estimate of drug-likeness (QED) is 0.719. The van der Waals surface area contributed by atoms with Crippen LogP contribution >= 0.6 is 0 Å². The SMILES string of the molecule is C#CC(C)(C)NS(=O)(=O)c1cnn(CCC(=O)O)c1. The van der Waals surface area contributed by atoms with Crippen LogP contribution in [0.25, 0.3) is 0 Å². The Kier molecular flexibility index (Phi) is 4.34. The maximum atomic E-state index is 12.0. The summed E-state index contributed by atoms with van der Waals surface area (Å²) in [6, 6.07) is 0. The van der Waals surface area contributed by atoms with Gasteiger partial charge in [-0.1, -0.05) is 5.92 Å². The van der Waals surface area contributed by atoms with Crippen molar-refractivity contribution >= 4 is 16.0 Å². The number of aromatic nitrogens is 2. The highest BCUT2D eigenvalue weighted by Crippen LogP contribution is 2.11. The van der Waals surface area contributed by atoms with Crippen molar-refractivity contribution in [3.8, 4) is 12.3 Å². The maximum Gasteiger partial charge on any atom is 0.305 e. The number of nitrogens with one attached hydrogen (secondary N) is 1. The Morgan fingerprint density at radius 2 is 2.26 bits per heavy atom. The molecule has 1 heterocycles. The first kappa shape index (κ1) is 15.2. The van der Waals surface area contributed by atoms with Gasteiger partial charge < -0.3 is 5.11 Å². The molecule has 7 nitrogen and oxygen atoms in total. The van der Waals surface area contributed by atoms with Gasteiger partial charge in [-0.15, -0.1) is 6.42 Å². The lowest BCUT2D eigenvalue weighted by Crippen LogP contribution is -2.41. The van der Waals surface area contributed by atoms with Gasteiger partial charge in [0, 0.05) is 6.20 Å². The van der Waals surface area contributed by atoms with E-state index in [2.05, 4.69) is 15.7 Å². The lowest BCUT2D eigenvalue weighted by Gasteiger charge is -2.18. The molecule has 1 aromatic heterocycles. The number of sulfonamides is 1. The van der Waals surface area contributed by atoms with Crippen LogP contribution in [0.1, 0.15) is 20.3 Å². The third kappa shape index (κ3) is 4.39. The number of aliphatic carboxylic acids is 1. The monoisotopic (exact) mass is 285 g/mol. The number of carboxylic acids is 1. The fraction of sp³-hybridized carbons (Fsp3) is 0.455. The minimum absolute atomic E-state index is 0.0544. The lowest BCUT2D eigenvalue weighted by molar-refractivity contribution is -0.137. The number of nitrogens with zero attached hydrogens (tertiary/aromatic N) is 2. The van der Waals surface area contributed by atoms with Crippen LogP contribution in [-0.4, -0.2) is 34.8 Å². The zero-order chi connectivity index (χ0) is 14.7. The van der Waals surface area contributed by atoms with E-state index in [4.69, 9.17) is 11.5 Å². The first-order valence-corrected chi connectivity index (χ1v) is 6.90. The van der Waals surface area contributed by atoms with Gasteiger partial charge in [0.05, 0.1) is 24.7 Å². The van der Waals surface area contributed by atoms with Crippen LogP contribution in [0.3, 0.4) is 0 Å². The summed E-state index contributed by atoms with van der Waals surface area (Å²) in [5, 5.41) is 12.3. The van der Waals surface area contributed by atoms with Crippen molar-refractivity contribution in [1.82, 2.24) is 14.5 Å². The van der Waals surface area contributed by atoms with Crippen LogP contribution in [0.5, 0.6) is 0 Å². The zero-order valence-corrected chi connectivity index (χ0v) is 11.4. The van der Waals surface area contributed by atoms with Gasteiger partial charge in [0.1, 0.15) is 4.90 Å². The topological polar surface area (TPSA) is 101 Å². The van der Waals surface area contributed by atoms with Crippen molar-refractivity contribution in [3.05, 3.63) is 12.4 Å². The molecule has 104 valence electrons. The predicted octanol–water partition coefficient (Wildman–Crippen LogP) is 0.0479. The third-order valence-corrected chi connectivity index (χ3v) is 3.84. The highest BCUT2D eigenvalue weighted by Gasteiger charge is 2.25. The van der Waals surface area contributed by atoms with Crippen molar-refractivity contribution in [2.24, 2.45) is 0 Å². The molecule has 1 rings (SSSR count). The van der Waals surface area contributed by atoms with Crippen molar-refractivity contribution in [3.63, 3.8) is 0 Å². The summed E-state index contributed by atoms with van der Waals surface area (Å²) in [4.78, 5) is 10.4. The number of aryl methyl sites for hydroxylation is 1. The Morgan fingerprint density at radius 1 is 1.63 bits per heavy atom. The molecule has 0 aliphatic carbocycles. The summed E-state index contributed by atoms with van der Waals surface area (Å²) in [5.41, 5.74) is -1.01. The van der Waals surface area contributed by atoms with E-state index in [0.29, 0.717) is 0 Å². The van der Waals surface area contributed by atoms with E-state index in [1.54, 1.807) is 13.8 Å². The number of terminal acetylenes is 1. The molecule has 2 N–H and O–H groups in total. The van der Waals surface area contributed by atoms with Gasteiger partial charge in [-0.2, -0.15) is 9.82 Å². The molecule has 0 amide bonds. The van der Waals surface area contributed by atoms with Gasteiger partial charge in [-0.05, 0) is 13.8 Å². The highest BCUT2D eigenvalue weighted by atomic mass is 32.2. The second kappa shape index (κ2) is 5.42. The second-order valence-electron chi connectivity index (χ2n) is 4.46. The average molecular weight is 285 g/mol. The minimum atomic E-state index is -3.77. The first-order chi connectivity index (χ1) is 8.66. The van der Waals surface area contributed by atoms with E-state index in [-0.39, 0.29) is 17.9 Å². The Balaban J connectivity index is 2.86. The molecule has 0 radical (unpaired) electrons. The molecule has 1 aromatic rings. The first-order valence-electron chi connectivity index (χ1n) is 5.42. The standard InChI is InChI=1S/C11H15N3O4S/c1-4-11(2,3)13-19(17,18)9-7-12-14(8-9)6-5-10(15)16/h1,7-8,13H,5-6H2,2-3H3,(H,15,16). The molecule has 0 aromatic carbocycles. The van der Waals surface area contributed by atoms with Crippen LogP contribution < -0.4 is 4.72 Å². The molecule has 0 saturated heterocycles. The zero-order valence-electron chi connectivity index (χ0n) is 10.6. The number of rotatable bonds is 6. The van der Waals surface area contributed by atoms with Gasteiger partial charge >= 0.3 is 5.97 Å². The number of hydrogen-bond acceptors (Lipinski definition) is 4. The minimum Gasteiger partial charge on any atom is -0.481 e. The van der Waals surface area contributed by atoms with E-state index in [1.165, 1.54) is 10.9 Å². The molecule has 0 fully saturated rings. The molecule has 0 bridgehead atoms. The molecule has 19 heavy (non-hydrogen) atoms. The van der Waals surface area contributed by atoms with Crippen LogP contribution in [0.15, 0.2) is 17.3 Å². The van der Waals surface area contributed by atoms with Crippen molar-refractivity contribution in [2.75, 3.05) is 0 Å². The van der Waals surface area contributed by atoms with Gasteiger partial charge in [-0.3, -0.25) is 9.48 Å². The predicted molar refractivity (Wildman–Crippen MR) is 67.7 cm³/mol. The van der Waals surface area contributed by atoms with Crippen molar-refractivity contribution in [2.45, 2.75) is 37.2 Å². The smallest absolute Gasteiger partial charge is 0.305 e. The fourth-order valence-corrected chi connectivity index (χ4v) is 2.54. The fourth-order valence-electron chi connectivity index (χ4n) is 1.24. The van der Waals surface area contributed by atoms with Crippen LogP contribution in [-0.2, 0) is 21.4 Å².